The van der Waals surface area contributed by atoms with Gasteiger partial charge in [-0.25, -0.2) is 4.79 Å². The van der Waals surface area contributed by atoms with Gasteiger partial charge in [-0.05, 0) is 30.1 Å². The fourth-order valence-electron chi connectivity index (χ4n) is 4.93. The van der Waals surface area contributed by atoms with Crippen LogP contribution in [-0.4, -0.2) is 59.6 Å². The number of hydrogen-bond donors (Lipinski definition) is 2. The molecule has 26 heavy (non-hydrogen) atoms. The molecule has 0 aromatic carbocycles. The number of amides is 2. The standard InChI is InChI=1S/C19H28N2O5/c1-19(2)12-8-21(15(14(12)19)18(24)25)17(23)13(7-10-3-4-10)20-16(22)11-5-6-26-9-11/h10-15H,3-9H2,1-2H3,(H,20,22)(H,24,25)/t11-,12-,13-,14-,15-/m0/s1. The van der Waals surface area contributed by atoms with Gasteiger partial charge in [-0.15, -0.1) is 0 Å². The first-order chi connectivity index (χ1) is 12.3. The van der Waals surface area contributed by atoms with Crippen LogP contribution in [0.15, 0.2) is 0 Å². The van der Waals surface area contributed by atoms with E-state index in [9.17, 15) is 19.5 Å². The summed E-state index contributed by atoms with van der Waals surface area (Å²) in [6, 6.07) is -1.38. The van der Waals surface area contributed by atoms with Gasteiger partial charge in [0.25, 0.3) is 0 Å². The van der Waals surface area contributed by atoms with Crippen molar-refractivity contribution in [3.05, 3.63) is 0 Å². The van der Waals surface area contributed by atoms with Crippen LogP contribution in [0.5, 0.6) is 0 Å². The van der Waals surface area contributed by atoms with E-state index in [1.54, 1.807) is 0 Å². The Morgan fingerprint density at radius 2 is 2.00 bits per heavy atom. The smallest absolute Gasteiger partial charge is 0.326 e. The van der Waals surface area contributed by atoms with Crippen molar-refractivity contribution in [2.75, 3.05) is 19.8 Å². The van der Waals surface area contributed by atoms with Crippen LogP contribution >= 0.6 is 0 Å². The highest BCUT2D eigenvalue weighted by Gasteiger charge is 2.69. The molecule has 2 N–H and O–H groups in total. The summed E-state index contributed by atoms with van der Waals surface area (Å²) in [5.41, 5.74) is -0.0176. The SMILES string of the molecule is CC1(C)[C@@H]2[C@@H](C(=O)O)N(C(=O)[C@H](CC3CC3)NC(=O)[C@H]3CCOC3)C[C@@H]21. The average molecular weight is 364 g/mol. The third-order valence-electron chi connectivity index (χ3n) is 6.93. The molecule has 0 radical (unpaired) electrons. The number of carbonyl (C=O) groups is 3. The predicted molar refractivity (Wildman–Crippen MR) is 92.1 cm³/mol. The maximum Gasteiger partial charge on any atom is 0.326 e. The van der Waals surface area contributed by atoms with Gasteiger partial charge in [-0.1, -0.05) is 26.7 Å². The number of aliphatic carboxylic acids is 1. The van der Waals surface area contributed by atoms with Crippen LogP contribution in [-0.2, 0) is 19.1 Å². The number of likely N-dealkylation sites (tertiary alicyclic amines) is 1. The molecule has 7 heteroatoms. The number of piperidine rings is 1. The van der Waals surface area contributed by atoms with E-state index in [4.69, 9.17) is 4.74 Å². The second-order valence-corrected chi connectivity index (χ2v) is 9.03. The summed E-state index contributed by atoms with van der Waals surface area (Å²) in [4.78, 5) is 39.0. The zero-order chi connectivity index (χ0) is 18.6. The van der Waals surface area contributed by atoms with E-state index in [1.165, 1.54) is 4.90 Å². The number of carboxylic acid groups (broad SMARTS) is 1. The molecule has 4 rings (SSSR count). The average Bonchev–Trinajstić information content (AvgIpc) is 3.28. The number of carboxylic acids is 1. The van der Waals surface area contributed by atoms with Gasteiger partial charge in [0.05, 0.1) is 12.5 Å². The summed E-state index contributed by atoms with van der Waals surface area (Å²) in [6.07, 6.45) is 3.44. The molecule has 2 amide bonds. The first-order valence-corrected chi connectivity index (χ1v) is 9.72. The number of ether oxygens (including phenoxy) is 1. The molecule has 0 unspecified atom stereocenters. The van der Waals surface area contributed by atoms with Crippen LogP contribution in [0.3, 0.4) is 0 Å². The van der Waals surface area contributed by atoms with Crippen molar-refractivity contribution in [3.63, 3.8) is 0 Å². The summed E-state index contributed by atoms with van der Waals surface area (Å²) in [7, 11) is 0. The molecule has 2 aliphatic carbocycles. The largest absolute Gasteiger partial charge is 0.480 e. The first kappa shape index (κ1) is 17.8. The third kappa shape index (κ3) is 3.00. The third-order valence-corrected chi connectivity index (χ3v) is 6.93. The molecule has 2 heterocycles. The minimum atomic E-state index is -0.933. The molecule has 0 bridgehead atoms. The molecule has 0 aromatic rings. The number of rotatable bonds is 6. The summed E-state index contributed by atoms with van der Waals surface area (Å²) < 4.78 is 5.27. The van der Waals surface area contributed by atoms with Crippen molar-refractivity contribution in [2.45, 2.75) is 51.6 Å². The molecule has 0 spiro atoms. The van der Waals surface area contributed by atoms with E-state index >= 15 is 0 Å². The van der Waals surface area contributed by atoms with Crippen LogP contribution in [0.2, 0.25) is 0 Å². The maximum atomic E-state index is 13.2. The highest BCUT2D eigenvalue weighted by atomic mass is 16.5. The molecule has 144 valence electrons. The molecule has 2 aliphatic heterocycles. The number of nitrogens with zero attached hydrogens (tertiary/aromatic N) is 1. The normalized spacial score (nSPS) is 35.7. The summed E-state index contributed by atoms with van der Waals surface area (Å²) in [6.45, 7) is 5.60. The Kier molecular flexibility index (Phi) is 4.25. The molecule has 7 nitrogen and oxygen atoms in total. The molecule has 0 aromatic heterocycles. The number of hydrogen-bond acceptors (Lipinski definition) is 4. The van der Waals surface area contributed by atoms with E-state index in [2.05, 4.69) is 19.2 Å². The number of fused-ring (bicyclic) bond motifs is 1. The van der Waals surface area contributed by atoms with Crippen molar-refractivity contribution in [1.29, 1.82) is 0 Å². The second-order valence-electron chi connectivity index (χ2n) is 9.03. The molecular formula is C19H28N2O5. The van der Waals surface area contributed by atoms with Gasteiger partial charge >= 0.3 is 5.97 Å². The molecule has 4 aliphatic rings. The van der Waals surface area contributed by atoms with Crippen molar-refractivity contribution >= 4 is 17.8 Å². The topological polar surface area (TPSA) is 95.9 Å². The number of carbonyl (C=O) groups excluding carboxylic acids is 2. The number of nitrogens with one attached hydrogen (secondary N) is 1. The summed E-state index contributed by atoms with van der Waals surface area (Å²) >= 11 is 0. The fourth-order valence-corrected chi connectivity index (χ4v) is 4.93. The Balaban J connectivity index is 1.47. The fraction of sp³-hybridized carbons (Fsp3) is 0.842. The van der Waals surface area contributed by atoms with Crippen LogP contribution in [0.25, 0.3) is 0 Å². The Morgan fingerprint density at radius 1 is 1.27 bits per heavy atom. The lowest BCUT2D eigenvalue weighted by Crippen LogP contribution is -2.54. The minimum Gasteiger partial charge on any atom is -0.480 e. The van der Waals surface area contributed by atoms with Crippen LogP contribution < -0.4 is 5.32 Å². The van der Waals surface area contributed by atoms with Gasteiger partial charge in [0.15, 0.2) is 0 Å². The second kappa shape index (κ2) is 6.22. The zero-order valence-corrected chi connectivity index (χ0v) is 15.4. The van der Waals surface area contributed by atoms with E-state index in [1.807, 2.05) is 0 Å². The van der Waals surface area contributed by atoms with E-state index in [-0.39, 0.29) is 35.0 Å². The lowest BCUT2D eigenvalue weighted by molar-refractivity contribution is -0.151. The van der Waals surface area contributed by atoms with Crippen molar-refractivity contribution in [3.8, 4) is 0 Å². The van der Waals surface area contributed by atoms with E-state index < -0.39 is 18.1 Å². The molecule has 4 fully saturated rings. The van der Waals surface area contributed by atoms with Gasteiger partial charge in [0.2, 0.25) is 11.8 Å². The van der Waals surface area contributed by atoms with E-state index in [0.717, 1.165) is 12.8 Å². The Morgan fingerprint density at radius 3 is 2.58 bits per heavy atom. The van der Waals surface area contributed by atoms with E-state index in [0.29, 0.717) is 38.5 Å². The highest BCUT2D eigenvalue weighted by molar-refractivity contribution is 5.92. The Hall–Kier alpha value is -1.63. The monoisotopic (exact) mass is 364 g/mol. The van der Waals surface area contributed by atoms with Crippen molar-refractivity contribution < 1.29 is 24.2 Å². The van der Waals surface area contributed by atoms with Crippen LogP contribution in [0.1, 0.15) is 39.5 Å². The van der Waals surface area contributed by atoms with Gasteiger partial charge < -0.3 is 20.1 Å². The summed E-state index contributed by atoms with van der Waals surface area (Å²) in [5.74, 6) is -0.779. The van der Waals surface area contributed by atoms with Gasteiger partial charge in [-0.2, -0.15) is 0 Å². The van der Waals surface area contributed by atoms with Crippen LogP contribution in [0.4, 0.5) is 0 Å². The van der Waals surface area contributed by atoms with Crippen LogP contribution in [0, 0.1) is 29.1 Å². The lowest BCUT2D eigenvalue weighted by atomic mass is 9.99. The minimum absolute atomic E-state index is 0.0176. The van der Waals surface area contributed by atoms with Gasteiger partial charge in [0, 0.05) is 19.1 Å². The highest BCUT2D eigenvalue weighted by Crippen LogP contribution is 2.64. The quantitative estimate of drug-likeness (QED) is 0.729. The van der Waals surface area contributed by atoms with Crippen molar-refractivity contribution in [2.24, 2.45) is 29.1 Å². The predicted octanol–water partition coefficient (Wildman–Crippen LogP) is 0.875. The summed E-state index contributed by atoms with van der Waals surface area (Å²) in [5, 5.41) is 12.6. The van der Waals surface area contributed by atoms with Crippen molar-refractivity contribution in [1.82, 2.24) is 10.2 Å². The maximum absolute atomic E-state index is 13.2. The lowest BCUT2D eigenvalue weighted by Gasteiger charge is -2.32. The molecule has 2 saturated carbocycles. The Labute approximate surface area is 153 Å². The molecular weight excluding hydrogens is 336 g/mol. The Bertz CT molecular complexity index is 623. The zero-order valence-electron chi connectivity index (χ0n) is 15.4. The van der Waals surface area contributed by atoms with Gasteiger partial charge in [-0.3, -0.25) is 9.59 Å². The first-order valence-electron chi connectivity index (χ1n) is 9.72. The van der Waals surface area contributed by atoms with Gasteiger partial charge in [0.1, 0.15) is 12.1 Å². The molecule has 2 saturated heterocycles. The molecule has 5 atom stereocenters.